The number of carbonyl (C=O) groups is 1. The van der Waals surface area contributed by atoms with E-state index in [0.29, 0.717) is 0 Å². The summed E-state index contributed by atoms with van der Waals surface area (Å²) < 4.78 is 45.1. The van der Waals surface area contributed by atoms with Crippen LogP contribution in [0.3, 0.4) is 0 Å². The van der Waals surface area contributed by atoms with Gasteiger partial charge in [-0.25, -0.2) is 0 Å². The summed E-state index contributed by atoms with van der Waals surface area (Å²) in [7, 11) is 0. The molecular weight excluding hydrogens is 249 g/mol. The number of aryl methyl sites for hydroxylation is 1. The lowest BCUT2D eigenvalue weighted by Gasteiger charge is -2.13. The van der Waals surface area contributed by atoms with Crippen molar-refractivity contribution in [2.24, 2.45) is 0 Å². The van der Waals surface area contributed by atoms with Crippen LogP contribution in [0.25, 0.3) is 0 Å². The molecule has 0 spiro atoms. The predicted molar refractivity (Wildman–Crippen MR) is 58.2 cm³/mol. The van der Waals surface area contributed by atoms with Crippen molar-refractivity contribution in [2.45, 2.75) is 26.6 Å². The largest absolute Gasteiger partial charge is 0.573 e. The van der Waals surface area contributed by atoms with E-state index in [9.17, 15) is 18.0 Å². The van der Waals surface area contributed by atoms with Gasteiger partial charge >= 0.3 is 12.3 Å². The minimum atomic E-state index is -4.78. The molecule has 0 aliphatic heterocycles. The Balaban J connectivity index is 2.93. The summed E-state index contributed by atoms with van der Waals surface area (Å²) in [5, 5.41) is 0. The molecule has 18 heavy (non-hydrogen) atoms. The molecule has 0 N–H and O–H groups in total. The number of alkyl halides is 3. The maximum Gasteiger partial charge on any atom is 0.573 e. The van der Waals surface area contributed by atoms with Crippen molar-refractivity contribution in [1.82, 2.24) is 0 Å². The first-order valence-electron chi connectivity index (χ1n) is 5.32. The van der Waals surface area contributed by atoms with E-state index in [1.807, 2.05) is 0 Å². The summed E-state index contributed by atoms with van der Waals surface area (Å²) in [6, 6.07) is 4.14. The Kier molecular flexibility index (Phi) is 4.58. The Hall–Kier alpha value is -1.72. The number of esters is 1. The van der Waals surface area contributed by atoms with Crippen LogP contribution in [0.5, 0.6) is 5.75 Å². The molecular formula is C12H13F3O3. The van der Waals surface area contributed by atoms with Crippen LogP contribution in [-0.4, -0.2) is 18.9 Å². The van der Waals surface area contributed by atoms with Crippen LogP contribution >= 0.6 is 0 Å². The molecule has 1 rings (SSSR count). The Morgan fingerprint density at radius 3 is 2.56 bits per heavy atom. The first-order valence-corrected chi connectivity index (χ1v) is 5.32. The molecule has 0 aliphatic carbocycles. The molecule has 3 nitrogen and oxygen atoms in total. The van der Waals surface area contributed by atoms with E-state index in [1.54, 1.807) is 13.8 Å². The van der Waals surface area contributed by atoms with Gasteiger partial charge in [0, 0.05) is 5.56 Å². The van der Waals surface area contributed by atoms with Crippen LogP contribution in [0, 0.1) is 6.92 Å². The van der Waals surface area contributed by atoms with Crippen LogP contribution in [-0.2, 0) is 16.0 Å². The smallest absolute Gasteiger partial charge is 0.466 e. The van der Waals surface area contributed by atoms with Crippen molar-refractivity contribution < 1.29 is 27.4 Å². The molecule has 0 aliphatic rings. The van der Waals surface area contributed by atoms with Gasteiger partial charge in [-0.05, 0) is 19.9 Å². The van der Waals surface area contributed by atoms with Gasteiger partial charge in [-0.2, -0.15) is 0 Å². The second-order valence-corrected chi connectivity index (χ2v) is 3.64. The van der Waals surface area contributed by atoms with Crippen LogP contribution < -0.4 is 4.74 Å². The lowest BCUT2D eigenvalue weighted by molar-refractivity contribution is -0.274. The third-order valence-electron chi connectivity index (χ3n) is 2.08. The average Bonchev–Trinajstić information content (AvgIpc) is 2.20. The fourth-order valence-corrected chi connectivity index (χ4v) is 1.44. The highest BCUT2D eigenvalue weighted by molar-refractivity contribution is 5.73. The summed E-state index contributed by atoms with van der Waals surface area (Å²) in [5.74, 6) is -0.962. The molecule has 0 saturated heterocycles. The highest BCUT2D eigenvalue weighted by Crippen LogP contribution is 2.27. The molecule has 0 aromatic heterocycles. The van der Waals surface area contributed by atoms with E-state index in [2.05, 4.69) is 4.74 Å². The number of carbonyl (C=O) groups excluding carboxylic acids is 1. The van der Waals surface area contributed by atoms with Crippen molar-refractivity contribution in [3.05, 3.63) is 29.3 Å². The fourth-order valence-electron chi connectivity index (χ4n) is 1.44. The molecule has 0 atom stereocenters. The summed E-state index contributed by atoms with van der Waals surface area (Å²) in [6.45, 7) is 3.52. The zero-order valence-electron chi connectivity index (χ0n) is 10.0. The zero-order valence-corrected chi connectivity index (χ0v) is 10.0. The van der Waals surface area contributed by atoms with Crippen LogP contribution in [0.15, 0.2) is 18.2 Å². The number of halogens is 3. The van der Waals surface area contributed by atoms with Crippen molar-refractivity contribution in [3.8, 4) is 5.75 Å². The Bertz CT molecular complexity index is 427. The average molecular weight is 262 g/mol. The third-order valence-corrected chi connectivity index (χ3v) is 2.08. The first-order chi connectivity index (χ1) is 8.31. The Morgan fingerprint density at radius 2 is 2.00 bits per heavy atom. The van der Waals surface area contributed by atoms with Gasteiger partial charge in [-0.1, -0.05) is 17.7 Å². The molecule has 0 fully saturated rings. The lowest BCUT2D eigenvalue weighted by atomic mass is 10.1. The predicted octanol–water partition coefficient (Wildman–Crippen LogP) is 3.00. The molecule has 0 unspecified atom stereocenters. The van der Waals surface area contributed by atoms with E-state index in [0.717, 1.165) is 5.56 Å². The van der Waals surface area contributed by atoms with E-state index in [1.165, 1.54) is 18.2 Å². The molecule has 0 bridgehead atoms. The molecule has 1 aromatic carbocycles. The van der Waals surface area contributed by atoms with Gasteiger partial charge in [0.2, 0.25) is 0 Å². The van der Waals surface area contributed by atoms with Gasteiger partial charge in [-0.15, -0.1) is 13.2 Å². The zero-order chi connectivity index (χ0) is 13.8. The molecule has 0 heterocycles. The molecule has 1 aromatic rings. The normalized spacial score (nSPS) is 11.2. The first kappa shape index (κ1) is 14.3. The summed E-state index contributed by atoms with van der Waals surface area (Å²) in [6.07, 6.45) is -5.03. The van der Waals surface area contributed by atoms with Gasteiger partial charge in [0.1, 0.15) is 5.75 Å². The SMILES string of the molecule is CCOC(=O)Cc1cc(C)ccc1OC(F)(F)F. The minimum absolute atomic E-state index is 0.158. The van der Waals surface area contributed by atoms with Crippen LogP contribution in [0.2, 0.25) is 0 Å². The van der Waals surface area contributed by atoms with Crippen molar-refractivity contribution in [2.75, 3.05) is 6.61 Å². The molecule has 6 heteroatoms. The third kappa shape index (κ3) is 4.65. The number of ether oxygens (including phenoxy) is 2. The van der Waals surface area contributed by atoms with E-state index in [4.69, 9.17) is 4.74 Å². The van der Waals surface area contributed by atoms with Crippen molar-refractivity contribution >= 4 is 5.97 Å². The van der Waals surface area contributed by atoms with Crippen LogP contribution in [0.1, 0.15) is 18.1 Å². The Labute approximate surface area is 103 Å². The number of hydrogen-bond donors (Lipinski definition) is 0. The lowest BCUT2D eigenvalue weighted by Crippen LogP contribution is -2.19. The van der Waals surface area contributed by atoms with E-state index in [-0.39, 0.29) is 24.3 Å². The summed E-state index contributed by atoms with van der Waals surface area (Å²) in [4.78, 5) is 11.3. The number of benzene rings is 1. The monoisotopic (exact) mass is 262 g/mol. The Morgan fingerprint density at radius 1 is 1.33 bits per heavy atom. The highest BCUT2D eigenvalue weighted by atomic mass is 19.4. The van der Waals surface area contributed by atoms with Crippen molar-refractivity contribution in [1.29, 1.82) is 0 Å². The van der Waals surface area contributed by atoms with Gasteiger partial charge in [0.15, 0.2) is 0 Å². The molecule has 0 amide bonds. The van der Waals surface area contributed by atoms with Gasteiger partial charge in [0.05, 0.1) is 13.0 Å². The maximum atomic E-state index is 12.2. The fraction of sp³-hybridized carbons (Fsp3) is 0.417. The quantitative estimate of drug-likeness (QED) is 0.782. The van der Waals surface area contributed by atoms with Crippen molar-refractivity contribution in [3.63, 3.8) is 0 Å². The van der Waals surface area contributed by atoms with Gasteiger partial charge in [-0.3, -0.25) is 4.79 Å². The van der Waals surface area contributed by atoms with Gasteiger partial charge < -0.3 is 9.47 Å². The maximum absolute atomic E-state index is 12.2. The molecule has 0 radical (unpaired) electrons. The number of hydrogen-bond acceptors (Lipinski definition) is 3. The molecule has 100 valence electrons. The number of rotatable bonds is 4. The second-order valence-electron chi connectivity index (χ2n) is 3.64. The highest BCUT2D eigenvalue weighted by Gasteiger charge is 2.32. The van der Waals surface area contributed by atoms with Crippen LogP contribution in [0.4, 0.5) is 13.2 Å². The summed E-state index contributed by atoms with van der Waals surface area (Å²) >= 11 is 0. The van der Waals surface area contributed by atoms with E-state index < -0.39 is 12.3 Å². The molecule has 0 saturated carbocycles. The topological polar surface area (TPSA) is 35.5 Å². The van der Waals surface area contributed by atoms with Gasteiger partial charge in [0.25, 0.3) is 0 Å². The second kappa shape index (κ2) is 5.75. The minimum Gasteiger partial charge on any atom is -0.466 e. The van der Waals surface area contributed by atoms with E-state index >= 15 is 0 Å². The summed E-state index contributed by atoms with van der Waals surface area (Å²) in [5.41, 5.74) is 0.898. The standard InChI is InChI=1S/C12H13F3O3/c1-3-17-11(16)7-9-6-8(2)4-5-10(9)18-12(13,14)15/h4-6H,3,7H2,1-2H3.